The average molecular weight is 232 g/mol. The van der Waals surface area contributed by atoms with Crippen molar-refractivity contribution < 1.29 is 14.7 Å². The summed E-state index contributed by atoms with van der Waals surface area (Å²) in [5, 5.41) is 11.2. The van der Waals surface area contributed by atoms with Crippen LogP contribution in [0.5, 0.6) is 0 Å². The van der Waals surface area contributed by atoms with Gasteiger partial charge >= 0.3 is 5.97 Å². The van der Waals surface area contributed by atoms with Gasteiger partial charge in [-0.2, -0.15) is 0 Å². The lowest BCUT2D eigenvalue weighted by Crippen LogP contribution is -2.49. The minimum Gasteiger partial charge on any atom is -0.480 e. The van der Waals surface area contributed by atoms with Crippen LogP contribution in [0.15, 0.2) is 0 Å². The molecule has 0 aliphatic heterocycles. The molecule has 0 aliphatic carbocycles. The van der Waals surface area contributed by atoms with Crippen molar-refractivity contribution in [1.82, 2.24) is 5.32 Å². The molecule has 0 aliphatic rings. The molecule has 0 saturated heterocycles. The van der Waals surface area contributed by atoms with E-state index in [9.17, 15) is 9.59 Å². The predicted molar refractivity (Wildman–Crippen MR) is 59.5 cm³/mol. The highest BCUT2D eigenvalue weighted by atomic mass is 16.4. The number of aliphatic carboxylic acids is 1. The van der Waals surface area contributed by atoms with Crippen LogP contribution in [-0.4, -0.2) is 42.2 Å². The molecule has 94 valence electrons. The quantitative estimate of drug-likeness (QED) is 0.326. The lowest BCUT2D eigenvalue weighted by molar-refractivity contribution is -0.142. The molecule has 0 heterocycles. The summed E-state index contributed by atoms with van der Waals surface area (Å²) < 4.78 is 0. The smallest absolute Gasteiger partial charge is 0.326 e. The van der Waals surface area contributed by atoms with Crippen molar-refractivity contribution in [3.05, 3.63) is 0 Å². The van der Waals surface area contributed by atoms with Crippen LogP contribution in [0.4, 0.5) is 0 Å². The number of carbonyl (C=O) groups is 2. The van der Waals surface area contributed by atoms with E-state index in [1.165, 1.54) is 0 Å². The first-order valence-electron chi connectivity index (χ1n) is 5.21. The van der Waals surface area contributed by atoms with Crippen molar-refractivity contribution >= 4 is 11.9 Å². The highest BCUT2D eigenvalue weighted by molar-refractivity contribution is 5.86. The Morgan fingerprint density at radius 3 is 2.25 bits per heavy atom. The van der Waals surface area contributed by atoms with Crippen LogP contribution in [0.2, 0.25) is 0 Å². The molecule has 0 saturated carbocycles. The van der Waals surface area contributed by atoms with Crippen LogP contribution in [0.1, 0.15) is 19.3 Å². The normalized spacial score (nSPS) is 14.2. The van der Waals surface area contributed by atoms with Gasteiger partial charge in [0, 0.05) is 0 Å². The summed E-state index contributed by atoms with van der Waals surface area (Å²) in [4.78, 5) is 22.2. The van der Waals surface area contributed by atoms with Gasteiger partial charge in [0.1, 0.15) is 6.04 Å². The van der Waals surface area contributed by atoms with Crippen molar-refractivity contribution in [2.24, 2.45) is 17.2 Å². The molecule has 7 heteroatoms. The molecule has 0 radical (unpaired) electrons. The van der Waals surface area contributed by atoms with Gasteiger partial charge < -0.3 is 27.6 Å². The van der Waals surface area contributed by atoms with E-state index in [1.807, 2.05) is 0 Å². The Bertz CT molecular complexity index is 235. The van der Waals surface area contributed by atoms with Crippen LogP contribution in [0.3, 0.4) is 0 Å². The van der Waals surface area contributed by atoms with E-state index in [2.05, 4.69) is 5.32 Å². The first-order valence-corrected chi connectivity index (χ1v) is 5.21. The summed E-state index contributed by atoms with van der Waals surface area (Å²) in [5.74, 6) is -1.57. The lowest BCUT2D eigenvalue weighted by atomic mass is 10.1. The molecule has 0 aromatic rings. The Labute approximate surface area is 94.3 Å². The molecule has 0 bridgehead atoms. The zero-order chi connectivity index (χ0) is 12.6. The van der Waals surface area contributed by atoms with Gasteiger partial charge in [0.15, 0.2) is 0 Å². The minimum absolute atomic E-state index is 0.287. The molecule has 0 aromatic carbocycles. The number of carboxylic acids is 1. The van der Waals surface area contributed by atoms with Gasteiger partial charge in [0.2, 0.25) is 5.91 Å². The number of carbonyl (C=O) groups excluding carboxylic acids is 1. The topological polar surface area (TPSA) is 144 Å². The van der Waals surface area contributed by atoms with Crippen molar-refractivity contribution in [2.45, 2.75) is 31.3 Å². The van der Waals surface area contributed by atoms with Gasteiger partial charge in [-0.15, -0.1) is 0 Å². The first-order chi connectivity index (χ1) is 7.52. The zero-order valence-electron chi connectivity index (χ0n) is 9.19. The highest BCUT2D eigenvalue weighted by Crippen LogP contribution is 1.98. The molecule has 0 unspecified atom stereocenters. The maximum Gasteiger partial charge on any atom is 0.326 e. The lowest BCUT2D eigenvalue weighted by Gasteiger charge is -2.17. The van der Waals surface area contributed by atoms with Crippen molar-refractivity contribution in [3.63, 3.8) is 0 Å². The molecule has 7 nitrogen and oxygen atoms in total. The van der Waals surface area contributed by atoms with Gasteiger partial charge in [-0.05, 0) is 32.4 Å². The molecule has 0 aromatic heterocycles. The van der Waals surface area contributed by atoms with Crippen LogP contribution >= 0.6 is 0 Å². The number of nitrogens with two attached hydrogens (primary N) is 3. The van der Waals surface area contributed by atoms with Gasteiger partial charge in [-0.25, -0.2) is 4.79 Å². The van der Waals surface area contributed by atoms with Crippen molar-refractivity contribution in [2.75, 3.05) is 13.1 Å². The second-order valence-electron chi connectivity index (χ2n) is 3.51. The Balaban J connectivity index is 4.17. The molecular weight excluding hydrogens is 212 g/mol. The van der Waals surface area contributed by atoms with Gasteiger partial charge in [0.25, 0.3) is 0 Å². The minimum atomic E-state index is -1.08. The van der Waals surface area contributed by atoms with Crippen molar-refractivity contribution in [3.8, 4) is 0 Å². The maximum atomic E-state index is 11.4. The number of rotatable bonds is 8. The summed E-state index contributed by atoms with van der Waals surface area (Å²) in [6, 6.07) is -1.69. The number of carboxylic acid groups (broad SMARTS) is 1. The van der Waals surface area contributed by atoms with Gasteiger partial charge in [0.05, 0.1) is 6.04 Å². The summed E-state index contributed by atoms with van der Waals surface area (Å²) >= 11 is 0. The van der Waals surface area contributed by atoms with Crippen molar-refractivity contribution in [1.29, 1.82) is 0 Å². The summed E-state index contributed by atoms with van der Waals surface area (Å²) in [5.41, 5.74) is 16.0. The van der Waals surface area contributed by atoms with Crippen LogP contribution in [0.25, 0.3) is 0 Å². The number of nitrogens with one attached hydrogen (secondary N) is 1. The fourth-order valence-corrected chi connectivity index (χ4v) is 1.17. The van der Waals surface area contributed by atoms with E-state index in [0.717, 1.165) is 0 Å². The average Bonchev–Trinajstić information content (AvgIpc) is 2.23. The van der Waals surface area contributed by atoms with E-state index in [0.29, 0.717) is 25.8 Å². The van der Waals surface area contributed by atoms with Crippen LogP contribution < -0.4 is 22.5 Å². The van der Waals surface area contributed by atoms with E-state index < -0.39 is 24.0 Å². The third kappa shape index (κ3) is 5.64. The third-order valence-corrected chi connectivity index (χ3v) is 2.13. The van der Waals surface area contributed by atoms with Crippen LogP contribution in [-0.2, 0) is 9.59 Å². The fourth-order valence-electron chi connectivity index (χ4n) is 1.17. The van der Waals surface area contributed by atoms with E-state index in [1.54, 1.807) is 0 Å². The molecule has 0 spiro atoms. The largest absolute Gasteiger partial charge is 0.480 e. The Morgan fingerprint density at radius 2 is 1.81 bits per heavy atom. The SMILES string of the molecule is NCCC[C@H](NC(=O)[C@@H](N)CCN)C(=O)O. The summed E-state index contributed by atoms with van der Waals surface area (Å²) in [7, 11) is 0. The summed E-state index contributed by atoms with van der Waals surface area (Å²) in [6.45, 7) is 0.670. The Hall–Kier alpha value is -1.18. The monoisotopic (exact) mass is 232 g/mol. The fraction of sp³-hybridized carbons (Fsp3) is 0.778. The molecule has 1 amide bonds. The van der Waals surface area contributed by atoms with E-state index >= 15 is 0 Å². The molecule has 0 rings (SSSR count). The van der Waals surface area contributed by atoms with Crippen LogP contribution in [0, 0.1) is 0 Å². The van der Waals surface area contributed by atoms with E-state index in [4.69, 9.17) is 22.3 Å². The molecular formula is C9H20N4O3. The number of hydrogen-bond donors (Lipinski definition) is 5. The second-order valence-corrected chi connectivity index (χ2v) is 3.51. The summed E-state index contributed by atoms with van der Waals surface area (Å²) in [6.07, 6.45) is 1.16. The standard InChI is InChI=1S/C9H20N4O3/c10-4-1-2-7(9(15)16)13-8(14)6(12)3-5-11/h6-7H,1-5,10-12H2,(H,13,14)(H,15,16)/t6-,7-/m0/s1. The first kappa shape index (κ1) is 14.8. The molecule has 8 N–H and O–H groups in total. The number of hydrogen-bond acceptors (Lipinski definition) is 5. The molecule has 2 atom stereocenters. The zero-order valence-corrected chi connectivity index (χ0v) is 9.19. The Kier molecular flexibility index (Phi) is 7.44. The van der Waals surface area contributed by atoms with E-state index in [-0.39, 0.29) is 6.54 Å². The van der Waals surface area contributed by atoms with Gasteiger partial charge in [-0.3, -0.25) is 4.79 Å². The highest BCUT2D eigenvalue weighted by Gasteiger charge is 2.22. The predicted octanol–water partition coefficient (Wildman–Crippen LogP) is -2.03. The Morgan fingerprint density at radius 1 is 1.19 bits per heavy atom. The van der Waals surface area contributed by atoms with Gasteiger partial charge in [-0.1, -0.05) is 0 Å². The molecule has 0 fully saturated rings. The second kappa shape index (κ2) is 8.03. The maximum absolute atomic E-state index is 11.4. The third-order valence-electron chi connectivity index (χ3n) is 2.13. The number of amides is 1. The molecule has 16 heavy (non-hydrogen) atoms.